The lowest BCUT2D eigenvalue weighted by Gasteiger charge is -2.19. The van der Waals surface area contributed by atoms with Gasteiger partial charge in [-0.25, -0.2) is 18.1 Å². The molecule has 1 atom stereocenters. The van der Waals surface area contributed by atoms with E-state index in [2.05, 4.69) is 10.3 Å². The summed E-state index contributed by atoms with van der Waals surface area (Å²) >= 11 is 6.43. The zero-order chi connectivity index (χ0) is 29.0. The number of allylic oxidation sites excluding steroid dienone is 2. The Kier molecular flexibility index (Phi) is 8.82. The number of ether oxygens (including phenoxy) is 2. The third-order valence-corrected chi connectivity index (χ3v) is 7.74. The highest BCUT2D eigenvalue weighted by Crippen LogP contribution is 2.34. The molecule has 40 heavy (non-hydrogen) atoms. The Bertz CT molecular complexity index is 1590. The molecule has 1 amide bonds. The quantitative estimate of drug-likeness (QED) is 0.310. The maximum atomic E-state index is 13.3. The molecule has 0 bridgehead atoms. The van der Waals surface area contributed by atoms with E-state index in [0.29, 0.717) is 34.4 Å². The number of pyridine rings is 1. The summed E-state index contributed by atoms with van der Waals surface area (Å²) in [5, 5.41) is 12.9. The van der Waals surface area contributed by atoms with Crippen molar-refractivity contribution in [3.8, 4) is 28.6 Å². The molecule has 4 rings (SSSR count). The van der Waals surface area contributed by atoms with Gasteiger partial charge < -0.3 is 19.9 Å². The van der Waals surface area contributed by atoms with Gasteiger partial charge in [0.2, 0.25) is 5.88 Å². The molecule has 1 aliphatic heterocycles. The highest BCUT2D eigenvalue weighted by atomic mass is 35.5. The molecule has 11 heteroatoms. The fourth-order valence-corrected chi connectivity index (χ4v) is 5.53. The van der Waals surface area contributed by atoms with E-state index in [4.69, 9.17) is 21.1 Å². The molecule has 210 valence electrons. The van der Waals surface area contributed by atoms with Gasteiger partial charge in [-0.05, 0) is 87.0 Å². The number of benzene rings is 2. The van der Waals surface area contributed by atoms with Crippen LogP contribution in [0.25, 0.3) is 11.3 Å². The molecule has 2 heterocycles. The van der Waals surface area contributed by atoms with Crippen molar-refractivity contribution in [2.45, 2.75) is 40.3 Å². The van der Waals surface area contributed by atoms with Crippen LogP contribution in [0.5, 0.6) is 17.4 Å². The minimum Gasteiger partial charge on any atom is -0.492 e. The topological polar surface area (TPSA) is 127 Å². The fourth-order valence-electron chi connectivity index (χ4n) is 4.20. The zero-order valence-electron chi connectivity index (χ0n) is 22.5. The number of carbonyl (C=O) groups excluding carboxylic acids is 1. The van der Waals surface area contributed by atoms with Crippen LogP contribution in [0.15, 0.2) is 65.7 Å². The second-order valence-electron chi connectivity index (χ2n) is 9.30. The van der Waals surface area contributed by atoms with Crippen LogP contribution in [0.2, 0.25) is 5.02 Å². The molecule has 0 radical (unpaired) electrons. The number of nitrogens with zero attached hydrogens (tertiary/aromatic N) is 1. The molecule has 0 aliphatic carbocycles. The average molecular weight is 584 g/mol. The van der Waals surface area contributed by atoms with Crippen LogP contribution in [0.4, 0.5) is 0 Å². The van der Waals surface area contributed by atoms with Gasteiger partial charge in [0, 0.05) is 5.56 Å². The SMILES string of the molecule is CCCOc1ccc(-c2ccc(C(=O)NS(=O)(=O)C3=CC=CNC3O)c(Oc3c(C)cc(C)cc3C)n2)cc1Cl. The van der Waals surface area contributed by atoms with E-state index >= 15 is 0 Å². The van der Waals surface area contributed by atoms with Crippen LogP contribution >= 0.6 is 11.6 Å². The number of amides is 1. The Balaban J connectivity index is 1.75. The van der Waals surface area contributed by atoms with Crippen LogP contribution < -0.4 is 19.5 Å². The van der Waals surface area contributed by atoms with E-state index in [0.717, 1.165) is 23.1 Å². The molecule has 3 N–H and O–H groups in total. The van der Waals surface area contributed by atoms with Crippen molar-refractivity contribution in [3.05, 3.63) is 93.0 Å². The van der Waals surface area contributed by atoms with Crippen LogP contribution in [-0.2, 0) is 10.0 Å². The predicted molar refractivity (Wildman–Crippen MR) is 154 cm³/mol. The lowest BCUT2D eigenvalue weighted by Crippen LogP contribution is -2.39. The number of aromatic nitrogens is 1. The third kappa shape index (κ3) is 6.47. The Morgan fingerprint density at radius 2 is 1.85 bits per heavy atom. The number of carbonyl (C=O) groups is 1. The van der Waals surface area contributed by atoms with Gasteiger partial charge in [-0.15, -0.1) is 0 Å². The van der Waals surface area contributed by atoms with Crippen LogP contribution in [-0.4, -0.2) is 37.3 Å². The zero-order valence-corrected chi connectivity index (χ0v) is 24.1. The van der Waals surface area contributed by atoms with Crippen molar-refractivity contribution in [2.24, 2.45) is 0 Å². The van der Waals surface area contributed by atoms with Crippen LogP contribution in [0, 0.1) is 20.8 Å². The molecule has 1 unspecified atom stereocenters. The second-order valence-corrected chi connectivity index (χ2v) is 11.4. The molecule has 9 nitrogen and oxygen atoms in total. The van der Waals surface area contributed by atoms with Gasteiger partial charge in [0.25, 0.3) is 15.9 Å². The number of halogens is 1. The lowest BCUT2D eigenvalue weighted by molar-refractivity contribution is 0.0978. The molecular formula is C29H30ClN3O6S. The number of aryl methyl sites for hydroxylation is 3. The summed E-state index contributed by atoms with van der Waals surface area (Å²) in [5.41, 5.74) is 3.64. The molecule has 1 aliphatic rings. The van der Waals surface area contributed by atoms with Crippen molar-refractivity contribution >= 4 is 27.5 Å². The van der Waals surface area contributed by atoms with Crippen molar-refractivity contribution in [1.29, 1.82) is 0 Å². The number of nitrogens with one attached hydrogen (secondary N) is 2. The van der Waals surface area contributed by atoms with Gasteiger partial charge in [0.05, 0.1) is 17.3 Å². The van der Waals surface area contributed by atoms with Crippen molar-refractivity contribution in [1.82, 2.24) is 15.0 Å². The number of aliphatic hydroxyl groups is 1. The summed E-state index contributed by atoms with van der Waals surface area (Å²) in [7, 11) is -4.39. The lowest BCUT2D eigenvalue weighted by atomic mass is 10.1. The van der Waals surface area contributed by atoms with Gasteiger partial charge in [0.15, 0.2) is 6.23 Å². The van der Waals surface area contributed by atoms with Crippen molar-refractivity contribution in [2.75, 3.05) is 6.61 Å². The van der Waals surface area contributed by atoms with E-state index in [9.17, 15) is 18.3 Å². The van der Waals surface area contributed by atoms with Gasteiger partial charge in [0.1, 0.15) is 22.0 Å². The Morgan fingerprint density at radius 3 is 2.50 bits per heavy atom. The van der Waals surface area contributed by atoms with Gasteiger partial charge in [-0.2, -0.15) is 0 Å². The predicted octanol–water partition coefficient (Wildman–Crippen LogP) is 5.29. The number of rotatable bonds is 9. The first kappa shape index (κ1) is 29.1. The molecule has 0 spiro atoms. The molecule has 1 aromatic heterocycles. The van der Waals surface area contributed by atoms with Crippen molar-refractivity contribution < 1.29 is 27.8 Å². The number of hydrogen-bond donors (Lipinski definition) is 3. The summed E-state index contributed by atoms with van der Waals surface area (Å²) in [6.45, 7) is 8.22. The number of sulfonamides is 1. The van der Waals surface area contributed by atoms with E-state index < -0.39 is 27.1 Å². The number of dihydropyridines is 1. The largest absolute Gasteiger partial charge is 0.492 e. The molecular weight excluding hydrogens is 554 g/mol. The van der Waals surface area contributed by atoms with E-state index in [1.165, 1.54) is 24.4 Å². The fraction of sp³-hybridized carbons (Fsp3) is 0.241. The summed E-state index contributed by atoms with van der Waals surface area (Å²) in [6, 6.07) is 12.1. The maximum absolute atomic E-state index is 13.3. The minimum atomic E-state index is -4.39. The van der Waals surface area contributed by atoms with E-state index in [1.807, 2.05) is 44.5 Å². The van der Waals surface area contributed by atoms with Gasteiger partial charge in [-0.1, -0.05) is 36.2 Å². The average Bonchev–Trinajstić information content (AvgIpc) is 2.89. The Morgan fingerprint density at radius 1 is 1.12 bits per heavy atom. The maximum Gasteiger partial charge on any atom is 0.270 e. The first-order valence-corrected chi connectivity index (χ1v) is 14.4. The highest BCUT2D eigenvalue weighted by molar-refractivity contribution is 7.94. The monoisotopic (exact) mass is 583 g/mol. The Labute approximate surface area is 238 Å². The van der Waals surface area contributed by atoms with Crippen LogP contribution in [0.3, 0.4) is 0 Å². The number of aliphatic hydroxyl groups excluding tert-OH is 1. The molecule has 0 saturated heterocycles. The summed E-state index contributed by atoms with van der Waals surface area (Å²) < 4.78 is 39.7. The first-order valence-electron chi connectivity index (χ1n) is 12.6. The standard InChI is InChI=1S/C29H30ClN3O6S/c1-5-13-38-24-11-8-20(16-22(24)30)23-10-9-21(27(34)33-40(36,37)25-7-6-12-31-28(25)35)29(32-23)39-26-18(3)14-17(2)15-19(26)4/h6-12,14-16,28,31,35H,5,13H2,1-4H3,(H,33,34). The molecule has 2 aromatic carbocycles. The van der Waals surface area contributed by atoms with Gasteiger partial charge >= 0.3 is 0 Å². The highest BCUT2D eigenvalue weighted by Gasteiger charge is 2.29. The smallest absolute Gasteiger partial charge is 0.270 e. The number of hydrogen-bond acceptors (Lipinski definition) is 8. The van der Waals surface area contributed by atoms with Crippen LogP contribution in [0.1, 0.15) is 40.4 Å². The molecule has 0 fully saturated rings. The van der Waals surface area contributed by atoms with Crippen molar-refractivity contribution in [3.63, 3.8) is 0 Å². The first-order chi connectivity index (χ1) is 19.0. The normalized spacial score (nSPS) is 14.8. The second kappa shape index (κ2) is 12.1. The minimum absolute atomic E-state index is 0.0983. The summed E-state index contributed by atoms with van der Waals surface area (Å²) in [6.07, 6.45) is 3.33. The molecule has 3 aromatic rings. The third-order valence-electron chi connectivity index (χ3n) is 6.02. The summed E-state index contributed by atoms with van der Waals surface area (Å²) in [5.74, 6) is -0.0352. The molecule has 0 saturated carbocycles. The van der Waals surface area contributed by atoms with E-state index in [-0.39, 0.29) is 11.4 Å². The van der Waals surface area contributed by atoms with E-state index in [1.54, 1.807) is 24.3 Å². The summed E-state index contributed by atoms with van der Waals surface area (Å²) in [4.78, 5) is 17.5. The van der Waals surface area contributed by atoms with Gasteiger partial charge in [-0.3, -0.25) is 4.79 Å². The Hall–Kier alpha value is -3.86.